The van der Waals surface area contributed by atoms with Crippen LogP contribution in [-0.4, -0.2) is 53.4 Å². The van der Waals surface area contributed by atoms with Crippen LogP contribution in [0.3, 0.4) is 0 Å². The second kappa shape index (κ2) is 10.4. The lowest BCUT2D eigenvalue weighted by molar-refractivity contribution is -0.0309. The fourth-order valence-electron chi connectivity index (χ4n) is 5.04. The van der Waals surface area contributed by atoms with E-state index in [0.29, 0.717) is 18.0 Å². The van der Waals surface area contributed by atoms with E-state index in [1.807, 2.05) is 50.4 Å². The van der Waals surface area contributed by atoms with E-state index in [2.05, 4.69) is 36.3 Å². The third kappa shape index (κ3) is 4.92. The fourth-order valence-corrected chi connectivity index (χ4v) is 5.04. The Morgan fingerprint density at radius 3 is 2.69 bits per heavy atom. The van der Waals surface area contributed by atoms with E-state index in [1.165, 1.54) is 4.80 Å². The quantitative estimate of drug-likeness (QED) is 0.323. The summed E-state index contributed by atoms with van der Waals surface area (Å²) in [6, 6.07) is 12.0. The van der Waals surface area contributed by atoms with Crippen LogP contribution in [0.1, 0.15) is 48.3 Å². The van der Waals surface area contributed by atoms with Gasteiger partial charge in [0, 0.05) is 24.9 Å². The molecule has 0 radical (unpaired) electrons. The summed E-state index contributed by atoms with van der Waals surface area (Å²) in [6.07, 6.45) is 5.50. The number of tetrazole rings is 1. The van der Waals surface area contributed by atoms with Gasteiger partial charge in [0.05, 0.1) is 36.8 Å². The minimum Gasteiger partial charge on any atom is -0.494 e. The lowest BCUT2D eigenvalue weighted by Crippen LogP contribution is -2.19. The predicted molar refractivity (Wildman–Crippen MR) is 147 cm³/mol. The molecule has 0 bridgehead atoms. The zero-order valence-electron chi connectivity index (χ0n) is 22.5. The third-order valence-electron chi connectivity index (χ3n) is 6.89. The molecule has 11 heteroatoms. The Labute approximate surface area is 226 Å². The van der Waals surface area contributed by atoms with Crippen LogP contribution in [0, 0.1) is 13.8 Å². The van der Waals surface area contributed by atoms with Crippen molar-refractivity contribution in [2.75, 3.05) is 19.0 Å². The highest BCUT2D eigenvalue weighted by Crippen LogP contribution is 2.38. The number of hydrogen-bond acceptors (Lipinski definition) is 9. The van der Waals surface area contributed by atoms with Gasteiger partial charge in [-0.15, -0.1) is 10.2 Å². The van der Waals surface area contributed by atoms with E-state index in [4.69, 9.17) is 19.4 Å². The van der Waals surface area contributed by atoms with Gasteiger partial charge in [-0.3, -0.25) is 9.55 Å². The van der Waals surface area contributed by atoms with Crippen molar-refractivity contribution in [3.63, 3.8) is 0 Å². The Balaban J connectivity index is 1.47. The van der Waals surface area contributed by atoms with Crippen molar-refractivity contribution < 1.29 is 9.47 Å². The fraction of sp³-hybridized carbons (Fsp3) is 0.357. The predicted octanol–water partition coefficient (Wildman–Crippen LogP) is 4.68. The number of hydrogen-bond donors (Lipinski definition) is 1. The highest BCUT2D eigenvalue weighted by Gasteiger charge is 2.24. The first-order valence-electron chi connectivity index (χ1n) is 13.1. The normalized spacial score (nSPS) is 15.5. The van der Waals surface area contributed by atoms with Gasteiger partial charge in [-0.2, -0.15) is 4.80 Å². The Bertz CT molecular complexity index is 1620. The Kier molecular flexibility index (Phi) is 6.65. The van der Waals surface area contributed by atoms with Crippen LogP contribution in [0.5, 0.6) is 5.75 Å². The number of anilines is 2. The lowest BCUT2D eigenvalue weighted by atomic mass is 10.1. The highest BCUT2D eigenvalue weighted by atomic mass is 16.5. The van der Waals surface area contributed by atoms with Gasteiger partial charge < -0.3 is 14.8 Å². The third-order valence-corrected chi connectivity index (χ3v) is 6.89. The molecule has 1 aliphatic rings. The average Bonchev–Trinajstić information content (AvgIpc) is 3.53. The van der Waals surface area contributed by atoms with Gasteiger partial charge in [-0.25, -0.2) is 9.97 Å². The molecule has 1 saturated heterocycles. The summed E-state index contributed by atoms with van der Waals surface area (Å²) in [5.74, 6) is 1.96. The zero-order valence-corrected chi connectivity index (χ0v) is 22.5. The Morgan fingerprint density at radius 1 is 1.08 bits per heavy atom. The summed E-state index contributed by atoms with van der Waals surface area (Å²) in [4.78, 5) is 16.1. The number of imidazole rings is 1. The number of nitrogens with one attached hydrogen (secondary N) is 1. The summed E-state index contributed by atoms with van der Waals surface area (Å²) < 4.78 is 14.1. The Morgan fingerprint density at radius 2 is 1.97 bits per heavy atom. The van der Waals surface area contributed by atoms with E-state index in [0.717, 1.165) is 76.7 Å². The van der Waals surface area contributed by atoms with Gasteiger partial charge in [0.25, 0.3) is 0 Å². The number of nitrogens with zero attached hydrogens (tertiary/aromatic N) is 8. The van der Waals surface area contributed by atoms with Crippen LogP contribution in [0.15, 0.2) is 42.6 Å². The van der Waals surface area contributed by atoms with Crippen molar-refractivity contribution in [3.05, 3.63) is 65.4 Å². The minimum atomic E-state index is -0.0857. The van der Waals surface area contributed by atoms with Crippen molar-refractivity contribution in [1.29, 1.82) is 0 Å². The number of aryl methyl sites for hydroxylation is 3. The standard InChI is InChI=1S/C28H31N9O2/c1-17-11-12-19(29-16-17)14-20-15-23(25-28(31-20)37(18(2)30-25)24-10-5-6-13-39-24)32-22-9-7-8-21(26(22)38-4)27-33-35-36(3)34-27/h7-9,11-12,15-16,24H,5-6,10,13-14H2,1-4H3,(H,31,32). The van der Waals surface area contributed by atoms with Gasteiger partial charge in [-0.05, 0) is 68.2 Å². The molecule has 0 aliphatic carbocycles. The number of para-hydroxylation sites is 1. The number of fused-ring (bicyclic) bond motifs is 1. The molecule has 0 spiro atoms. The number of ether oxygens (including phenoxy) is 2. The number of benzene rings is 1. The van der Waals surface area contributed by atoms with Crippen molar-refractivity contribution in [3.8, 4) is 17.1 Å². The molecule has 1 atom stereocenters. The van der Waals surface area contributed by atoms with Crippen molar-refractivity contribution in [2.24, 2.45) is 7.05 Å². The first-order chi connectivity index (χ1) is 19.0. The molecular formula is C28H31N9O2. The van der Waals surface area contributed by atoms with E-state index in [-0.39, 0.29) is 6.23 Å². The molecule has 5 heterocycles. The number of rotatable bonds is 7. The number of methoxy groups -OCH3 is 1. The maximum absolute atomic E-state index is 6.15. The highest BCUT2D eigenvalue weighted by molar-refractivity contribution is 5.90. The van der Waals surface area contributed by atoms with Gasteiger partial charge in [0.15, 0.2) is 11.4 Å². The van der Waals surface area contributed by atoms with Crippen LogP contribution in [0.25, 0.3) is 22.6 Å². The van der Waals surface area contributed by atoms with Crippen LogP contribution in [0.2, 0.25) is 0 Å². The molecule has 1 aliphatic heterocycles. The molecule has 1 fully saturated rings. The maximum Gasteiger partial charge on any atom is 0.208 e. The van der Waals surface area contributed by atoms with E-state index in [1.54, 1.807) is 14.2 Å². The van der Waals surface area contributed by atoms with Gasteiger partial charge in [-0.1, -0.05) is 12.1 Å². The van der Waals surface area contributed by atoms with Crippen LogP contribution in [-0.2, 0) is 18.2 Å². The summed E-state index contributed by atoms with van der Waals surface area (Å²) in [7, 11) is 3.37. The topological polar surface area (TPSA) is 118 Å². The molecule has 200 valence electrons. The van der Waals surface area contributed by atoms with Crippen molar-refractivity contribution >= 4 is 22.5 Å². The molecule has 0 saturated carbocycles. The molecule has 6 rings (SSSR count). The van der Waals surface area contributed by atoms with Gasteiger partial charge >= 0.3 is 0 Å². The first-order valence-corrected chi connectivity index (χ1v) is 13.1. The zero-order chi connectivity index (χ0) is 26.9. The monoisotopic (exact) mass is 525 g/mol. The molecule has 0 amide bonds. The van der Waals surface area contributed by atoms with E-state index >= 15 is 0 Å². The number of aromatic nitrogens is 8. The second-order valence-electron chi connectivity index (χ2n) is 9.80. The minimum absolute atomic E-state index is 0.0857. The molecular weight excluding hydrogens is 494 g/mol. The first kappa shape index (κ1) is 24.9. The molecule has 1 aromatic carbocycles. The molecule has 5 aromatic rings. The summed E-state index contributed by atoms with van der Waals surface area (Å²) >= 11 is 0. The lowest BCUT2D eigenvalue weighted by Gasteiger charge is -2.25. The van der Waals surface area contributed by atoms with Crippen molar-refractivity contribution in [1.82, 2.24) is 39.7 Å². The van der Waals surface area contributed by atoms with Crippen LogP contribution < -0.4 is 10.1 Å². The maximum atomic E-state index is 6.15. The van der Waals surface area contributed by atoms with E-state index < -0.39 is 0 Å². The molecule has 39 heavy (non-hydrogen) atoms. The molecule has 11 nitrogen and oxygen atoms in total. The SMILES string of the molecule is COc1c(Nc2cc(Cc3ccc(C)cn3)nc3c2nc(C)n3C2CCCCO2)cccc1-c1nnn(C)n1. The van der Waals surface area contributed by atoms with Crippen LogP contribution >= 0.6 is 0 Å². The van der Waals surface area contributed by atoms with E-state index in [9.17, 15) is 0 Å². The Hall–Kier alpha value is -4.38. The summed E-state index contributed by atoms with van der Waals surface area (Å²) in [5, 5.41) is 16.1. The number of pyridine rings is 2. The smallest absolute Gasteiger partial charge is 0.208 e. The largest absolute Gasteiger partial charge is 0.494 e. The summed E-state index contributed by atoms with van der Waals surface area (Å²) in [6.45, 7) is 4.78. The molecule has 4 aromatic heterocycles. The van der Waals surface area contributed by atoms with Crippen LogP contribution in [0.4, 0.5) is 11.4 Å². The summed E-state index contributed by atoms with van der Waals surface area (Å²) in [5.41, 5.74) is 6.83. The second-order valence-corrected chi connectivity index (χ2v) is 9.80. The van der Waals surface area contributed by atoms with Crippen molar-refractivity contribution in [2.45, 2.75) is 45.8 Å². The van der Waals surface area contributed by atoms with Gasteiger partial charge in [0.1, 0.15) is 17.6 Å². The molecule has 1 unspecified atom stereocenters. The van der Waals surface area contributed by atoms with Gasteiger partial charge in [0.2, 0.25) is 5.82 Å². The average molecular weight is 526 g/mol. The molecule has 1 N–H and O–H groups in total.